The van der Waals surface area contributed by atoms with Crippen LogP contribution in [0.2, 0.25) is 0 Å². The van der Waals surface area contributed by atoms with Crippen molar-refractivity contribution in [3.8, 4) is 0 Å². The molecule has 0 radical (unpaired) electrons. The average molecular weight is 438 g/mol. The van der Waals surface area contributed by atoms with E-state index in [1.165, 1.54) is 20.5 Å². The van der Waals surface area contributed by atoms with Gasteiger partial charge in [0.15, 0.2) is 5.69 Å². The number of nitrogens with two attached hydrogens (primary N) is 1. The van der Waals surface area contributed by atoms with Gasteiger partial charge in [-0.25, -0.2) is 15.0 Å². The highest BCUT2D eigenvalue weighted by molar-refractivity contribution is 6.45. The first-order valence-corrected chi connectivity index (χ1v) is 10.1. The Morgan fingerprint density at radius 3 is 2.66 bits per heavy atom. The Balaban J connectivity index is 1.89. The van der Waals surface area contributed by atoms with Gasteiger partial charge < -0.3 is 26.4 Å². The lowest BCUT2D eigenvalue weighted by Gasteiger charge is -2.15. The fourth-order valence-electron chi connectivity index (χ4n) is 2.88. The molecule has 1 aliphatic rings. The first kappa shape index (κ1) is 22.8. The van der Waals surface area contributed by atoms with Gasteiger partial charge in [0.2, 0.25) is 0 Å². The van der Waals surface area contributed by atoms with Crippen molar-refractivity contribution in [1.29, 1.82) is 0 Å². The minimum atomic E-state index is -0.535. The third-order valence-electron chi connectivity index (χ3n) is 4.64. The molecule has 11 heteroatoms. The van der Waals surface area contributed by atoms with Crippen LogP contribution < -0.4 is 21.7 Å². The molecule has 2 amide bonds. The minimum Gasteiger partial charge on any atom is -0.403 e. The largest absolute Gasteiger partial charge is 0.403 e. The Labute approximate surface area is 185 Å². The number of aliphatic imine (C=N–C) groups is 1. The second-order valence-corrected chi connectivity index (χ2v) is 7.00. The molecule has 0 aliphatic heterocycles. The fourth-order valence-corrected chi connectivity index (χ4v) is 2.88. The van der Waals surface area contributed by atoms with Crippen molar-refractivity contribution in [2.45, 2.75) is 18.8 Å². The van der Waals surface area contributed by atoms with Crippen molar-refractivity contribution in [2.75, 3.05) is 32.6 Å². The highest BCUT2D eigenvalue weighted by atomic mass is 16.5. The summed E-state index contributed by atoms with van der Waals surface area (Å²) in [6, 6.07) is 3.68. The minimum absolute atomic E-state index is 0.00952. The van der Waals surface area contributed by atoms with E-state index in [4.69, 9.17) is 10.5 Å². The summed E-state index contributed by atoms with van der Waals surface area (Å²) in [5, 5.41) is 8.28. The molecule has 168 valence electrons. The van der Waals surface area contributed by atoms with Crippen molar-refractivity contribution in [3.63, 3.8) is 0 Å². The van der Waals surface area contributed by atoms with Gasteiger partial charge in [-0.05, 0) is 25.0 Å². The summed E-state index contributed by atoms with van der Waals surface area (Å²) < 4.78 is 4.98. The van der Waals surface area contributed by atoms with Gasteiger partial charge in [-0.1, -0.05) is 0 Å². The molecule has 2 aromatic rings. The van der Waals surface area contributed by atoms with Crippen LogP contribution in [0.1, 0.15) is 34.9 Å². The van der Waals surface area contributed by atoms with Crippen LogP contribution >= 0.6 is 0 Å². The molecule has 1 saturated carbocycles. The van der Waals surface area contributed by atoms with E-state index in [-0.39, 0.29) is 23.6 Å². The van der Waals surface area contributed by atoms with Crippen LogP contribution in [0.25, 0.3) is 0 Å². The van der Waals surface area contributed by atoms with Crippen molar-refractivity contribution in [2.24, 2.45) is 10.7 Å². The van der Waals surface area contributed by atoms with E-state index in [9.17, 15) is 9.59 Å². The zero-order chi connectivity index (χ0) is 22.9. The molecule has 0 unspecified atom stereocenters. The van der Waals surface area contributed by atoms with Gasteiger partial charge in [-0.2, -0.15) is 0 Å². The zero-order valence-corrected chi connectivity index (χ0v) is 18.0. The molecule has 0 aromatic carbocycles. The number of anilines is 2. The lowest BCUT2D eigenvalue weighted by molar-refractivity contribution is -0.114. The van der Waals surface area contributed by atoms with Gasteiger partial charge in [0.05, 0.1) is 42.6 Å². The monoisotopic (exact) mass is 438 g/mol. The van der Waals surface area contributed by atoms with Gasteiger partial charge in [0.1, 0.15) is 12.0 Å². The molecule has 2 heterocycles. The maximum atomic E-state index is 13.2. The molecule has 32 heavy (non-hydrogen) atoms. The highest BCUT2D eigenvalue weighted by Crippen LogP contribution is 2.39. The van der Waals surface area contributed by atoms with E-state index in [0.717, 1.165) is 24.7 Å². The molecule has 11 nitrogen and oxygen atoms in total. The third kappa shape index (κ3) is 5.85. The number of hydrogen-bond acceptors (Lipinski definition) is 9. The second kappa shape index (κ2) is 11.0. The van der Waals surface area contributed by atoms with E-state index >= 15 is 0 Å². The summed E-state index contributed by atoms with van der Waals surface area (Å²) in [5.41, 5.74) is 7.85. The summed E-state index contributed by atoms with van der Waals surface area (Å²) in [6.07, 6.45) is 7.78. The fraction of sp³-hybridized carbons (Fsp3) is 0.333. The summed E-state index contributed by atoms with van der Waals surface area (Å²) in [4.78, 5) is 42.3. The van der Waals surface area contributed by atoms with Crippen LogP contribution in [-0.2, 0) is 9.53 Å². The van der Waals surface area contributed by atoms with E-state index < -0.39 is 11.8 Å². The van der Waals surface area contributed by atoms with Crippen LogP contribution in [-0.4, -0.2) is 59.8 Å². The van der Waals surface area contributed by atoms with Crippen molar-refractivity contribution in [3.05, 3.63) is 54.1 Å². The molecule has 2 aromatic heterocycles. The number of methoxy groups -OCH3 is 1. The van der Waals surface area contributed by atoms with Crippen molar-refractivity contribution in [1.82, 2.24) is 25.6 Å². The summed E-state index contributed by atoms with van der Waals surface area (Å²) in [5.74, 6) is -0.679. The molecule has 1 aliphatic carbocycles. The van der Waals surface area contributed by atoms with Gasteiger partial charge in [-0.15, -0.1) is 0 Å². The number of carbonyl (C=O) groups excluding carboxylic acids is 2. The number of nitrogens with zero attached hydrogens (tertiary/aromatic N) is 4. The topological polar surface area (TPSA) is 157 Å². The number of rotatable bonds is 10. The molecule has 0 atom stereocenters. The summed E-state index contributed by atoms with van der Waals surface area (Å²) >= 11 is 0. The number of nitrogens with one attached hydrogen (secondary N) is 3. The Kier molecular flexibility index (Phi) is 7.81. The maximum absolute atomic E-state index is 13.2. The van der Waals surface area contributed by atoms with Gasteiger partial charge in [0, 0.05) is 32.0 Å². The average Bonchev–Trinajstić information content (AvgIpc) is 3.66. The van der Waals surface area contributed by atoms with Crippen LogP contribution in [0.5, 0.6) is 0 Å². The lowest BCUT2D eigenvalue weighted by Crippen LogP contribution is -2.37. The van der Waals surface area contributed by atoms with E-state index in [1.807, 2.05) is 6.07 Å². The number of amides is 2. The smallest absolute Gasteiger partial charge is 0.276 e. The Morgan fingerprint density at radius 2 is 2.03 bits per heavy atom. The Bertz CT molecular complexity index is 1020. The van der Waals surface area contributed by atoms with Gasteiger partial charge in [-0.3, -0.25) is 14.6 Å². The number of pyridine rings is 1. The van der Waals surface area contributed by atoms with E-state index in [0.29, 0.717) is 23.9 Å². The molecular weight excluding hydrogens is 412 g/mol. The van der Waals surface area contributed by atoms with Crippen LogP contribution in [0.4, 0.5) is 11.4 Å². The lowest BCUT2D eigenvalue weighted by atomic mass is 10.2. The maximum Gasteiger partial charge on any atom is 0.276 e. The Hall–Kier alpha value is -3.86. The molecule has 0 spiro atoms. The molecule has 0 saturated heterocycles. The van der Waals surface area contributed by atoms with Crippen molar-refractivity contribution >= 4 is 28.9 Å². The van der Waals surface area contributed by atoms with Gasteiger partial charge >= 0.3 is 0 Å². The van der Waals surface area contributed by atoms with E-state index in [2.05, 4.69) is 35.9 Å². The number of aromatic nitrogens is 3. The summed E-state index contributed by atoms with van der Waals surface area (Å²) in [7, 11) is 3.00. The first-order chi connectivity index (χ1) is 15.6. The standard InChI is InChI=1S/C21H26N8O3/c1-23-20(30)18(26-7-8-32-2)17(9-22)29-21(31)19-16(27-14-10-24-12-25-11-14)6-5-15(28-19)13-3-4-13/h5-6,9-13,27H,3-4,7-8,22H2,1-2H3,(H,23,30)(H,29,31). The van der Waals surface area contributed by atoms with Crippen LogP contribution in [0, 0.1) is 0 Å². The molecule has 1 fully saturated rings. The number of carbonyl (C=O) groups is 2. The van der Waals surface area contributed by atoms with Crippen LogP contribution in [0.3, 0.4) is 0 Å². The quantitative estimate of drug-likeness (QED) is 0.314. The van der Waals surface area contributed by atoms with E-state index in [1.54, 1.807) is 18.5 Å². The molecule has 0 bridgehead atoms. The molecular formula is C21H26N8O3. The normalized spacial score (nSPS) is 14.1. The Morgan fingerprint density at radius 1 is 1.28 bits per heavy atom. The van der Waals surface area contributed by atoms with Gasteiger partial charge in [0.25, 0.3) is 11.8 Å². The first-order valence-electron chi connectivity index (χ1n) is 10.1. The number of hydrogen-bond donors (Lipinski definition) is 4. The van der Waals surface area contributed by atoms with Crippen molar-refractivity contribution < 1.29 is 14.3 Å². The molecule has 3 rings (SSSR count). The zero-order valence-electron chi connectivity index (χ0n) is 18.0. The number of ether oxygens (including phenoxy) is 1. The highest BCUT2D eigenvalue weighted by Gasteiger charge is 2.27. The second-order valence-electron chi connectivity index (χ2n) is 7.00. The third-order valence-corrected chi connectivity index (χ3v) is 4.64. The predicted octanol–water partition coefficient (Wildman–Crippen LogP) is 0.856. The molecule has 5 N–H and O–H groups in total. The predicted molar refractivity (Wildman–Crippen MR) is 120 cm³/mol. The van der Waals surface area contributed by atoms with Crippen LogP contribution in [0.15, 0.2) is 47.7 Å². The SMILES string of the molecule is CNC(=O)C(=NCCOC)C(=CN)NC(=O)c1nc(C2CC2)ccc1Nc1cncnc1. The summed E-state index contributed by atoms with van der Waals surface area (Å²) in [6.45, 7) is 0.535.